The largest absolute Gasteiger partial charge is 0.465 e. The minimum absolute atomic E-state index is 0.263. The number of halogens is 3. The first kappa shape index (κ1) is 18.0. The van der Waals surface area contributed by atoms with Crippen molar-refractivity contribution in [2.75, 3.05) is 7.11 Å². The molecular formula is C17H14Cl3N3O2. The van der Waals surface area contributed by atoms with Crippen molar-refractivity contribution in [3.63, 3.8) is 0 Å². The van der Waals surface area contributed by atoms with E-state index in [2.05, 4.69) is 10.1 Å². The number of carbonyl (C=O) groups is 1. The number of ether oxygens (including phenoxy) is 1. The lowest BCUT2D eigenvalue weighted by Gasteiger charge is -2.10. The molecule has 3 aromatic rings. The molecule has 0 aliphatic carbocycles. The third-order valence-electron chi connectivity index (χ3n) is 4.00. The normalized spacial score (nSPS) is 11.1. The third-order valence-corrected chi connectivity index (χ3v) is 4.97. The lowest BCUT2D eigenvalue weighted by atomic mass is 10.0. The molecule has 0 bridgehead atoms. The smallest absolute Gasteiger partial charge is 0.339 e. The fourth-order valence-corrected chi connectivity index (χ4v) is 3.47. The first-order valence-corrected chi connectivity index (χ1v) is 8.53. The van der Waals surface area contributed by atoms with E-state index < -0.39 is 5.97 Å². The average molecular weight is 399 g/mol. The summed E-state index contributed by atoms with van der Waals surface area (Å²) in [4.78, 5) is 16.5. The van der Waals surface area contributed by atoms with Crippen molar-refractivity contribution in [3.05, 3.63) is 61.5 Å². The van der Waals surface area contributed by atoms with E-state index in [9.17, 15) is 4.79 Å². The zero-order chi connectivity index (χ0) is 18.3. The van der Waals surface area contributed by atoms with Crippen LogP contribution >= 0.6 is 34.8 Å². The highest BCUT2D eigenvalue weighted by molar-refractivity contribution is 6.38. The molecule has 0 spiro atoms. The first-order valence-electron chi connectivity index (χ1n) is 7.40. The molecule has 130 valence electrons. The van der Waals surface area contributed by atoms with E-state index in [0.717, 1.165) is 17.0 Å². The second-order valence-electron chi connectivity index (χ2n) is 5.59. The molecule has 2 aromatic heterocycles. The number of rotatable bonds is 3. The summed E-state index contributed by atoms with van der Waals surface area (Å²) in [6, 6.07) is 4.92. The van der Waals surface area contributed by atoms with Gasteiger partial charge in [0.2, 0.25) is 0 Å². The highest BCUT2D eigenvalue weighted by Gasteiger charge is 2.20. The van der Waals surface area contributed by atoms with E-state index in [1.54, 1.807) is 22.7 Å². The number of aromatic nitrogens is 3. The second kappa shape index (κ2) is 6.83. The molecule has 0 atom stereocenters. The Labute approximate surface area is 159 Å². The fourth-order valence-electron chi connectivity index (χ4n) is 2.64. The van der Waals surface area contributed by atoms with Crippen LogP contribution in [0.1, 0.15) is 32.9 Å². The summed E-state index contributed by atoms with van der Waals surface area (Å²) >= 11 is 18.7. The summed E-state index contributed by atoms with van der Waals surface area (Å²) < 4.78 is 6.45. The molecular weight excluding hydrogens is 385 g/mol. The summed E-state index contributed by atoms with van der Waals surface area (Å²) in [6.45, 7) is 3.81. The van der Waals surface area contributed by atoms with E-state index in [0.29, 0.717) is 27.8 Å². The van der Waals surface area contributed by atoms with Gasteiger partial charge in [-0.15, -0.1) is 0 Å². The third kappa shape index (κ3) is 3.19. The molecule has 0 fully saturated rings. The molecule has 0 radical (unpaired) electrons. The van der Waals surface area contributed by atoms with Crippen LogP contribution in [0.3, 0.4) is 0 Å². The van der Waals surface area contributed by atoms with E-state index >= 15 is 0 Å². The van der Waals surface area contributed by atoms with Gasteiger partial charge >= 0.3 is 5.97 Å². The van der Waals surface area contributed by atoms with Crippen molar-refractivity contribution in [3.8, 4) is 0 Å². The lowest BCUT2D eigenvalue weighted by Crippen LogP contribution is -2.05. The van der Waals surface area contributed by atoms with Crippen LogP contribution in [0.4, 0.5) is 0 Å². The molecule has 8 heteroatoms. The molecule has 2 heterocycles. The van der Waals surface area contributed by atoms with Crippen LogP contribution in [0.2, 0.25) is 15.2 Å². The topological polar surface area (TPSA) is 56.5 Å². The number of nitrogens with zero attached hydrogens (tertiary/aromatic N) is 3. The van der Waals surface area contributed by atoms with Gasteiger partial charge in [-0.2, -0.15) is 5.10 Å². The minimum atomic E-state index is -0.515. The van der Waals surface area contributed by atoms with Gasteiger partial charge in [0.05, 0.1) is 29.1 Å². The van der Waals surface area contributed by atoms with Crippen molar-refractivity contribution >= 4 is 46.4 Å². The van der Waals surface area contributed by atoms with E-state index in [1.165, 1.54) is 7.11 Å². The number of benzene rings is 1. The van der Waals surface area contributed by atoms with Crippen LogP contribution in [-0.2, 0) is 11.2 Å². The molecule has 0 amide bonds. The van der Waals surface area contributed by atoms with Gasteiger partial charge in [0.25, 0.3) is 0 Å². The van der Waals surface area contributed by atoms with Crippen molar-refractivity contribution < 1.29 is 9.53 Å². The Morgan fingerprint density at radius 1 is 1.24 bits per heavy atom. The lowest BCUT2D eigenvalue weighted by molar-refractivity contribution is 0.0601. The number of carbonyl (C=O) groups excluding carboxylic acids is 1. The maximum atomic E-state index is 11.8. The Morgan fingerprint density at radius 2 is 1.96 bits per heavy atom. The van der Waals surface area contributed by atoms with Crippen LogP contribution in [0.15, 0.2) is 18.2 Å². The number of hydrogen-bond acceptors (Lipinski definition) is 4. The van der Waals surface area contributed by atoms with E-state index in [-0.39, 0.29) is 10.6 Å². The van der Waals surface area contributed by atoms with Crippen LogP contribution in [-0.4, -0.2) is 27.7 Å². The van der Waals surface area contributed by atoms with E-state index in [4.69, 9.17) is 39.5 Å². The number of methoxy groups -OCH3 is 1. The highest BCUT2D eigenvalue weighted by atomic mass is 35.5. The molecule has 0 N–H and O–H groups in total. The Hall–Kier alpha value is -1.82. The molecule has 0 saturated carbocycles. The van der Waals surface area contributed by atoms with Gasteiger partial charge in [0.15, 0.2) is 5.65 Å². The molecule has 0 unspecified atom stereocenters. The summed E-state index contributed by atoms with van der Waals surface area (Å²) in [5.74, 6) is -0.515. The number of aryl methyl sites for hydroxylation is 2. The Kier molecular flexibility index (Phi) is 4.91. The van der Waals surface area contributed by atoms with Crippen molar-refractivity contribution in [2.45, 2.75) is 20.3 Å². The first-order chi connectivity index (χ1) is 11.8. The predicted octanol–water partition coefficient (Wildman–Crippen LogP) is 4.68. The van der Waals surface area contributed by atoms with Crippen LogP contribution in [0, 0.1) is 13.8 Å². The molecule has 1 aromatic carbocycles. The maximum absolute atomic E-state index is 11.8. The number of imidazole rings is 1. The molecule has 0 saturated heterocycles. The van der Waals surface area contributed by atoms with Crippen LogP contribution in [0.25, 0.3) is 5.65 Å². The minimum Gasteiger partial charge on any atom is -0.465 e. The summed E-state index contributed by atoms with van der Waals surface area (Å²) in [5, 5.41) is 5.39. The highest BCUT2D eigenvalue weighted by Crippen LogP contribution is 2.31. The molecule has 0 aliphatic heterocycles. The van der Waals surface area contributed by atoms with Gasteiger partial charge < -0.3 is 4.74 Å². The number of fused-ring (bicyclic) bond motifs is 1. The van der Waals surface area contributed by atoms with Gasteiger partial charge in [-0.25, -0.2) is 14.3 Å². The Balaban J connectivity index is 2.12. The average Bonchev–Trinajstić information content (AvgIpc) is 2.88. The summed E-state index contributed by atoms with van der Waals surface area (Å²) in [7, 11) is 1.30. The Bertz CT molecular complexity index is 999. The zero-order valence-electron chi connectivity index (χ0n) is 13.7. The monoisotopic (exact) mass is 397 g/mol. The second-order valence-corrected chi connectivity index (χ2v) is 6.76. The van der Waals surface area contributed by atoms with Crippen molar-refractivity contribution in [1.82, 2.24) is 14.6 Å². The van der Waals surface area contributed by atoms with Crippen molar-refractivity contribution in [1.29, 1.82) is 0 Å². The number of hydrogen-bond donors (Lipinski definition) is 0. The van der Waals surface area contributed by atoms with Gasteiger partial charge in [-0.05, 0) is 43.2 Å². The molecule has 25 heavy (non-hydrogen) atoms. The fraction of sp³-hybridized carbons (Fsp3) is 0.235. The van der Waals surface area contributed by atoms with Gasteiger partial charge in [-0.1, -0.05) is 34.8 Å². The molecule has 0 aliphatic rings. The number of esters is 1. The van der Waals surface area contributed by atoms with Gasteiger partial charge in [0.1, 0.15) is 5.15 Å². The predicted molar refractivity (Wildman–Crippen MR) is 98.1 cm³/mol. The van der Waals surface area contributed by atoms with E-state index in [1.807, 2.05) is 13.8 Å². The van der Waals surface area contributed by atoms with Gasteiger partial charge in [-0.3, -0.25) is 0 Å². The van der Waals surface area contributed by atoms with Crippen LogP contribution < -0.4 is 0 Å². The van der Waals surface area contributed by atoms with Crippen LogP contribution in [0.5, 0.6) is 0 Å². The van der Waals surface area contributed by atoms with Gasteiger partial charge in [0, 0.05) is 11.4 Å². The summed E-state index contributed by atoms with van der Waals surface area (Å²) in [6.07, 6.45) is 0.356. The molecule has 5 nitrogen and oxygen atoms in total. The summed E-state index contributed by atoms with van der Waals surface area (Å²) in [5.41, 5.74) is 4.09. The maximum Gasteiger partial charge on any atom is 0.339 e. The zero-order valence-corrected chi connectivity index (χ0v) is 16.0. The quantitative estimate of drug-likeness (QED) is 0.601. The Morgan fingerprint density at radius 3 is 2.64 bits per heavy atom. The SMILES string of the molecule is COC(=O)c1ccc(Cl)c(Cc2nc3c(C)cc(Cl)nn3c2C)c1Cl. The standard InChI is InChI=1S/C17H14Cl3N3O2/c1-8-6-14(19)22-23-9(2)13(21-16(8)23)7-11-12(18)5-4-10(15(11)20)17(24)25-3/h4-6H,7H2,1-3H3. The molecule has 3 rings (SSSR count). The van der Waals surface area contributed by atoms with Crippen molar-refractivity contribution in [2.24, 2.45) is 0 Å².